The highest BCUT2D eigenvalue weighted by atomic mass is 16.5. The van der Waals surface area contributed by atoms with Crippen LogP contribution in [0.2, 0.25) is 0 Å². The number of ether oxygens (including phenoxy) is 1. The zero-order chi connectivity index (χ0) is 12.8. The molecule has 3 nitrogen and oxygen atoms in total. The van der Waals surface area contributed by atoms with Gasteiger partial charge in [-0.05, 0) is 33.7 Å². The van der Waals surface area contributed by atoms with Crippen molar-refractivity contribution in [2.75, 3.05) is 19.8 Å². The fourth-order valence-electron chi connectivity index (χ4n) is 1.02. The summed E-state index contributed by atoms with van der Waals surface area (Å²) >= 11 is 0. The van der Waals surface area contributed by atoms with Gasteiger partial charge in [-0.3, -0.25) is 4.79 Å². The van der Waals surface area contributed by atoms with Crippen molar-refractivity contribution in [3.05, 3.63) is 0 Å². The van der Waals surface area contributed by atoms with E-state index in [1.54, 1.807) is 0 Å². The highest BCUT2D eigenvalue weighted by Crippen LogP contribution is 2.14. The van der Waals surface area contributed by atoms with Crippen molar-refractivity contribution in [3.63, 3.8) is 0 Å². The molecule has 0 aliphatic rings. The van der Waals surface area contributed by atoms with Crippen molar-refractivity contribution in [2.24, 2.45) is 5.41 Å². The predicted octanol–water partition coefficient (Wildman–Crippen LogP) is 2.40. The van der Waals surface area contributed by atoms with Crippen LogP contribution in [0, 0.1) is 5.41 Å². The second kappa shape index (κ2) is 6.36. The maximum Gasteiger partial charge on any atom is 0.163 e. The highest BCUT2D eigenvalue weighted by molar-refractivity contribution is 5.84. The molecule has 0 aromatic rings. The summed E-state index contributed by atoms with van der Waals surface area (Å²) in [5, 5.41) is 3.38. The number of hydrogen-bond donors (Lipinski definition) is 1. The molecule has 0 radical (unpaired) electrons. The van der Waals surface area contributed by atoms with Crippen LogP contribution < -0.4 is 5.32 Å². The molecule has 16 heavy (non-hydrogen) atoms. The van der Waals surface area contributed by atoms with Crippen LogP contribution in [0.4, 0.5) is 0 Å². The van der Waals surface area contributed by atoms with Crippen molar-refractivity contribution in [2.45, 2.75) is 53.5 Å². The molecule has 0 spiro atoms. The van der Waals surface area contributed by atoms with Gasteiger partial charge in [0, 0.05) is 17.6 Å². The summed E-state index contributed by atoms with van der Waals surface area (Å²) in [4.78, 5) is 11.5. The minimum absolute atomic E-state index is 0.154. The van der Waals surface area contributed by atoms with Gasteiger partial charge in [0.05, 0.1) is 0 Å². The van der Waals surface area contributed by atoms with Crippen LogP contribution in [-0.4, -0.2) is 31.1 Å². The molecule has 0 aliphatic heterocycles. The Morgan fingerprint density at radius 1 is 1.12 bits per heavy atom. The molecule has 0 bridgehead atoms. The Morgan fingerprint density at radius 2 is 1.69 bits per heavy atom. The molecule has 0 amide bonds. The van der Waals surface area contributed by atoms with Crippen molar-refractivity contribution < 1.29 is 9.53 Å². The van der Waals surface area contributed by atoms with E-state index >= 15 is 0 Å². The molecule has 0 rings (SSSR count). The van der Waals surface area contributed by atoms with Gasteiger partial charge in [0.1, 0.15) is 6.61 Å². The van der Waals surface area contributed by atoms with E-state index < -0.39 is 0 Å². The molecular weight excluding hydrogens is 202 g/mol. The zero-order valence-corrected chi connectivity index (χ0v) is 11.6. The quantitative estimate of drug-likeness (QED) is 0.711. The standard InChI is InChI=1S/C13H27NO2/c1-12(2,3)11(15)10-16-9-7-8-14-13(4,5)6/h14H,7-10H2,1-6H3. The molecule has 0 aromatic heterocycles. The Balaban J connectivity index is 3.45. The number of ketones is 1. The van der Waals surface area contributed by atoms with E-state index in [1.165, 1.54) is 0 Å². The van der Waals surface area contributed by atoms with Gasteiger partial charge in [0.15, 0.2) is 5.78 Å². The van der Waals surface area contributed by atoms with Gasteiger partial charge < -0.3 is 10.1 Å². The summed E-state index contributed by atoms with van der Waals surface area (Å²) in [6.45, 7) is 14.0. The highest BCUT2D eigenvalue weighted by Gasteiger charge is 2.20. The Morgan fingerprint density at radius 3 is 2.12 bits per heavy atom. The van der Waals surface area contributed by atoms with Gasteiger partial charge in [0.2, 0.25) is 0 Å². The van der Waals surface area contributed by atoms with E-state index in [-0.39, 0.29) is 23.3 Å². The molecule has 0 atom stereocenters. The maximum atomic E-state index is 11.5. The maximum absolute atomic E-state index is 11.5. The predicted molar refractivity (Wildman–Crippen MR) is 67.7 cm³/mol. The van der Waals surface area contributed by atoms with Crippen LogP contribution in [-0.2, 0) is 9.53 Å². The second-order valence-electron chi connectivity index (χ2n) is 6.26. The number of carbonyl (C=O) groups excluding carboxylic acids is 1. The topological polar surface area (TPSA) is 38.3 Å². The Bertz CT molecular complexity index is 211. The summed E-state index contributed by atoms with van der Waals surface area (Å²) in [5.41, 5.74) is -0.134. The van der Waals surface area contributed by atoms with Crippen molar-refractivity contribution in [1.82, 2.24) is 5.32 Å². The molecule has 0 saturated carbocycles. The Kier molecular flexibility index (Phi) is 6.19. The molecule has 1 N–H and O–H groups in total. The van der Waals surface area contributed by atoms with Gasteiger partial charge in [0.25, 0.3) is 0 Å². The molecule has 0 saturated heterocycles. The van der Waals surface area contributed by atoms with E-state index in [0.717, 1.165) is 13.0 Å². The molecular formula is C13H27NO2. The third-order valence-electron chi connectivity index (χ3n) is 2.19. The van der Waals surface area contributed by atoms with E-state index in [4.69, 9.17) is 4.74 Å². The van der Waals surface area contributed by atoms with Gasteiger partial charge in [-0.1, -0.05) is 20.8 Å². The number of Topliss-reactive ketones (excluding diaryl/α,β-unsaturated/α-hetero) is 1. The Hall–Kier alpha value is -0.410. The van der Waals surface area contributed by atoms with Crippen LogP contribution in [0.15, 0.2) is 0 Å². The summed E-state index contributed by atoms with van der Waals surface area (Å²) in [6, 6.07) is 0. The first-order chi connectivity index (χ1) is 7.13. The van der Waals surface area contributed by atoms with Crippen LogP contribution in [0.1, 0.15) is 48.0 Å². The summed E-state index contributed by atoms with van der Waals surface area (Å²) in [6.07, 6.45) is 0.939. The first-order valence-corrected chi connectivity index (χ1v) is 5.99. The van der Waals surface area contributed by atoms with Gasteiger partial charge >= 0.3 is 0 Å². The second-order valence-corrected chi connectivity index (χ2v) is 6.26. The normalized spacial score (nSPS) is 12.9. The molecule has 0 aromatic carbocycles. The SMILES string of the molecule is CC(C)(C)NCCCOCC(=O)C(C)(C)C. The largest absolute Gasteiger partial charge is 0.374 e. The van der Waals surface area contributed by atoms with E-state index in [9.17, 15) is 4.79 Å². The number of hydrogen-bond acceptors (Lipinski definition) is 3. The lowest BCUT2D eigenvalue weighted by molar-refractivity contribution is -0.131. The lowest BCUT2D eigenvalue weighted by Gasteiger charge is -2.20. The minimum atomic E-state index is -0.288. The Labute approximate surface area is 99.9 Å². The van der Waals surface area contributed by atoms with Crippen LogP contribution in [0.5, 0.6) is 0 Å². The average molecular weight is 229 g/mol. The van der Waals surface area contributed by atoms with E-state index in [2.05, 4.69) is 26.1 Å². The van der Waals surface area contributed by atoms with Crippen molar-refractivity contribution >= 4 is 5.78 Å². The van der Waals surface area contributed by atoms with Gasteiger partial charge in [-0.15, -0.1) is 0 Å². The average Bonchev–Trinajstić information content (AvgIpc) is 2.07. The fourth-order valence-corrected chi connectivity index (χ4v) is 1.02. The van der Waals surface area contributed by atoms with Crippen LogP contribution in [0.3, 0.4) is 0 Å². The molecule has 0 unspecified atom stereocenters. The van der Waals surface area contributed by atoms with Crippen LogP contribution in [0.25, 0.3) is 0 Å². The lowest BCUT2D eigenvalue weighted by Crippen LogP contribution is -2.36. The third kappa shape index (κ3) is 8.86. The molecule has 0 aliphatic carbocycles. The smallest absolute Gasteiger partial charge is 0.163 e. The summed E-state index contributed by atoms with van der Waals surface area (Å²) in [5.74, 6) is 0.163. The van der Waals surface area contributed by atoms with E-state index in [1.807, 2.05) is 20.8 Å². The monoisotopic (exact) mass is 229 g/mol. The third-order valence-corrected chi connectivity index (χ3v) is 2.19. The number of carbonyl (C=O) groups is 1. The van der Waals surface area contributed by atoms with E-state index in [0.29, 0.717) is 6.61 Å². The first kappa shape index (κ1) is 15.6. The van der Waals surface area contributed by atoms with Crippen molar-refractivity contribution in [1.29, 1.82) is 0 Å². The summed E-state index contributed by atoms with van der Waals surface area (Å²) in [7, 11) is 0. The van der Waals surface area contributed by atoms with Gasteiger partial charge in [-0.2, -0.15) is 0 Å². The van der Waals surface area contributed by atoms with Gasteiger partial charge in [-0.25, -0.2) is 0 Å². The first-order valence-electron chi connectivity index (χ1n) is 5.99. The summed E-state index contributed by atoms with van der Waals surface area (Å²) < 4.78 is 5.35. The molecule has 3 heteroatoms. The lowest BCUT2D eigenvalue weighted by atomic mass is 9.91. The minimum Gasteiger partial charge on any atom is -0.374 e. The van der Waals surface area contributed by atoms with Crippen molar-refractivity contribution in [3.8, 4) is 0 Å². The number of rotatable bonds is 6. The number of nitrogens with one attached hydrogen (secondary N) is 1. The molecule has 96 valence electrons. The molecule has 0 fully saturated rings. The molecule has 0 heterocycles. The fraction of sp³-hybridized carbons (Fsp3) is 0.923. The van der Waals surface area contributed by atoms with Crippen LogP contribution >= 0.6 is 0 Å². The zero-order valence-electron chi connectivity index (χ0n) is 11.6.